The minimum absolute atomic E-state index is 0.00116. The highest BCUT2D eigenvalue weighted by atomic mass is 16.4. The molecule has 2 atom stereocenters. The van der Waals surface area contributed by atoms with Crippen LogP contribution in [0.3, 0.4) is 0 Å². The monoisotopic (exact) mass is 370 g/mol. The molecule has 4 fully saturated rings. The number of carboxylic acid groups (broad SMARTS) is 1. The third-order valence-corrected chi connectivity index (χ3v) is 6.95. The van der Waals surface area contributed by atoms with Crippen LogP contribution in [-0.2, 0) is 9.59 Å². The zero-order valence-corrected chi connectivity index (χ0v) is 15.5. The lowest BCUT2D eigenvalue weighted by Gasteiger charge is -2.25. The van der Waals surface area contributed by atoms with Crippen LogP contribution in [0.1, 0.15) is 50.1 Å². The number of amides is 1. The van der Waals surface area contributed by atoms with Crippen molar-refractivity contribution in [3.8, 4) is 0 Å². The lowest BCUT2D eigenvalue weighted by molar-refractivity contribution is -0.149. The topological polar surface area (TPSA) is 86.6 Å². The Bertz CT molecular complexity index is 774. The molecule has 1 amide bonds. The molecule has 2 aliphatic heterocycles. The second-order valence-corrected chi connectivity index (χ2v) is 8.82. The molecule has 2 saturated heterocycles. The van der Waals surface area contributed by atoms with Gasteiger partial charge in [0.2, 0.25) is 11.9 Å². The summed E-state index contributed by atoms with van der Waals surface area (Å²) in [5.74, 6) is 0.273. The highest BCUT2D eigenvalue weighted by molar-refractivity contribution is 5.93. The Labute approximate surface area is 158 Å². The van der Waals surface area contributed by atoms with Crippen LogP contribution in [0.4, 0.5) is 5.95 Å². The van der Waals surface area contributed by atoms with E-state index in [1.165, 1.54) is 12.8 Å². The Morgan fingerprint density at radius 1 is 1.22 bits per heavy atom. The summed E-state index contributed by atoms with van der Waals surface area (Å²) in [4.78, 5) is 38.0. The van der Waals surface area contributed by atoms with Gasteiger partial charge in [-0.2, -0.15) is 0 Å². The molecule has 0 aromatic carbocycles. The van der Waals surface area contributed by atoms with E-state index in [1.807, 2.05) is 11.0 Å². The van der Waals surface area contributed by atoms with Crippen molar-refractivity contribution in [1.29, 1.82) is 0 Å². The van der Waals surface area contributed by atoms with Gasteiger partial charge in [-0.1, -0.05) is 12.8 Å². The minimum atomic E-state index is -1.03. The lowest BCUT2D eigenvalue weighted by Crippen LogP contribution is -2.41. The predicted octanol–water partition coefficient (Wildman–Crippen LogP) is 1.89. The third-order valence-electron chi connectivity index (χ3n) is 6.95. The molecule has 4 aliphatic rings. The summed E-state index contributed by atoms with van der Waals surface area (Å²) in [5, 5.41) is 10.0. The predicted molar refractivity (Wildman–Crippen MR) is 98.3 cm³/mol. The van der Waals surface area contributed by atoms with Gasteiger partial charge in [0.05, 0.1) is 5.92 Å². The van der Waals surface area contributed by atoms with Crippen LogP contribution in [0.15, 0.2) is 12.3 Å². The van der Waals surface area contributed by atoms with Crippen molar-refractivity contribution in [2.45, 2.75) is 44.4 Å². The van der Waals surface area contributed by atoms with E-state index >= 15 is 0 Å². The number of carbonyl (C=O) groups excluding carboxylic acids is 1. The molecule has 0 radical (unpaired) electrons. The van der Waals surface area contributed by atoms with Gasteiger partial charge in [-0.25, -0.2) is 9.97 Å². The van der Waals surface area contributed by atoms with E-state index in [0.29, 0.717) is 37.4 Å². The number of hydrogen-bond donors (Lipinski definition) is 1. The van der Waals surface area contributed by atoms with Gasteiger partial charge in [0.15, 0.2) is 0 Å². The van der Waals surface area contributed by atoms with Crippen molar-refractivity contribution in [2.75, 3.05) is 31.1 Å². The van der Waals surface area contributed by atoms with Crippen molar-refractivity contribution in [2.24, 2.45) is 17.3 Å². The second kappa shape index (κ2) is 6.17. The summed E-state index contributed by atoms with van der Waals surface area (Å²) in [6, 6.07) is 1.98. The number of aromatic nitrogens is 2. The SMILES string of the molecule is O=C1[C@@H]2CN(c3nccc(C4CCCC4)n3)C[C@]2(C(=O)O)CN1CC1CC1. The molecule has 0 bridgehead atoms. The van der Waals surface area contributed by atoms with E-state index in [9.17, 15) is 14.7 Å². The number of nitrogens with zero attached hydrogens (tertiary/aromatic N) is 4. The number of carboxylic acids is 1. The first kappa shape index (κ1) is 17.0. The van der Waals surface area contributed by atoms with Crippen LogP contribution in [0.2, 0.25) is 0 Å². The molecule has 3 heterocycles. The van der Waals surface area contributed by atoms with Gasteiger partial charge in [-0.05, 0) is 37.7 Å². The Morgan fingerprint density at radius 3 is 2.67 bits per heavy atom. The first-order valence-corrected chi connectivity index (χ1v) is 10.2. The molecule has 2 aliphatic carbocycles. The van der Waals surface area contributed by atoms with Gasteiger partial charge < -0.3 is 14.9 Å². The van der Waals surface area contributed by atoms with E-state index in [0.717, 1.165) is 37.9 Å². The molecule has 0 unspecified atom stereocenters. The van der Waals surface area contributed by atoms with Crippen molar-refractivity contribution in [3.05, 3.63) is 18.0 Å². The number of anilines is 1. The first-order chi connectivity index (χ1) is 13.1. The van der Waals surface area contributed by atoms with Crippen LogP contribution in [0.5, 0.6) is 0 Å². The quantitative estimate of drug-likeness (QED) is 0.852. The maximum Gasteiger partial charge on any atom is 0.314 e. The van der Waals surface area contributed by atoms with E-state index in [4.69, 9.17) is 4.98 Å². The van der Waals surface area contributed by atoms with E-state index < -0.39 is 17.3 Å². The number of aliphatic carboxylic acids is 1. The van der Waals surface area contributed by atoms with E-state index in [1.54, 1.807) is 11.1 Å². The first-order valence-electron chi connectivity index (χ1n) is 10.2. The molecule has 1 aromatic rings. The molecule has 0 spiro atoms. The number of carbonyl (C=O) groups is 2. The highest BCUT2D eigenvalue weighted by Gasteiger charge is 2.62. The van der Waals surface area contributed by atoms with Gasteiger partial charge in [0.1, 0.15) is 5.41 Å². The Morgan fingerprint density at radius 2 is 2.00 bits per heavy atom. The number of rotatable bonds is 5. The van der Waals surface area contributed by atoms with E-state index in [2.05, 4.69) is 4.98 Å². The highest BCUT2D eigenvalue weighted by Crippen LogP contribution is 2.46. The molecule has 1 N–H and O–H groups in total. The largest absolute Gasteiger partial charge is 0.481 e. The summed E-state index contributed by atoms with van der Waals surface area (Å²) >= 11 is 0. The molecule has 7 nitrogen and oxygen atoms in total. The van der Waals surface area contributed by atoms with Crippen molar-refractivity contribution < 1.29 is 14.7 Å². The normalized spacial score (nSPS) is 31.0. The molecule has 144 valence electrons. The molecule has 2 saturated carbocycles. The van der Waals surface area contributed by atoms with Crippen LogP contribution in [-0.4, -0.2) is 58.0 Å². The summed E-state index contributed by atoms with van der Waals surface area (Å²) in [6.07, 6.45) is 8.88. The molecule has 1 aromatic heterocycles. The maximum absolute atomic E-state index is 12.9. The van der Waals surface area contributed by atoms with Gasteiger partial charge >= 0.3 is 5.97 Å². The van der Waals surface area contributed by atoms with Crippen LogP contribution >= 0.6 is 0 Å². The summed E-state index contributed by atoms with van der Waals surface area (Å²) in [6.45, 7) is 1.76. The van der Waals surface area contributed by atoms with Gasteiger partial charge in [0, 0.05) is 44.0 Å². The van der Waals surface area contributed by atoms with Gasteiger partial charge in [-0.15, -0.1) is 0 Å². The van der Waals surface area contributed by atoms with Crippen molar-refractivity contribution >= 4 is 17.8 Å². The second-order valence-electron chi connectivity index (χ2n) is 8.82. The summed E-state index contributed by atoms with van der Waals surface area (Å²) in [5.41, 5.74) is 0.0271. The smallest absolute Gasteiger partial charge is 0.314 e. The Kier molecular flexibility index (Phi) is 3.88. The number of fused-ring (bicyclic) bond motifs is 1. The fourth-order valence-electron chi connectivity index (χ4n) is 5.19. The lowest BCUT2D eigenvalue weighted by atomic mass is 9.81. The minimum Gasteiger partial charge on any atom is -0.481 e. The van der Waals surface area contributed by atoms with Crippen LogP contribution in [0, 0.1) is 17.3 Å². The molecular formula is C20H26N4O3. The van der Waals surface area contributed by atoms with E-state index in [-0.39, 0.29) is 5.91 Å². The zero-order chi connectivity index (χ0) is 18.6. The van der Waals surface area contributed by atoms with Crippen LogP contribution < -0.4 is 4.90 Å². The average Bonchev–Trinajstić information content (AvgIpc) is 3.09. The average molecular weight is 370 g/mol. The summed E-state index contributed by atoms with van der Waals surface area (Å²) in [7, 11) is 0. The van der Waals surface area contributed by atoms with Gasteiger partial charge in [0.25, 0.3) is 0 Å². The fraction of sp³-hybridized carbons (Fsp3) is 0.700. The maximum atomic E-state index is 12.9. The van der Waals surface area contributed by atoms with Crippen LogP contribution in [0.25, 0.3) is 0 Å². The molecule has 5 rings (SSSR count). The Balaban J connectivity index is 1.39. The number of likely N-dealkylation sites (tertiary alicyclic amines) is 1. The van der Waals surface area contributed by atoms with Gasteiger partial charge in [-0.3, -0.25) is 9.59 Å². The fourth-order valence-corrected chi connectivity index (χ4v) is 5.19. The number of hydrogen-bond acceptors (Lipinski definition) is 5. The van der Waals surface area contributed by atoms with Crippen molar-refractivity contribution in [3.63, 3.8) is 0 Å². The molecular weight excluding hydrogens is 344 g/mol. The standard InChI is InChI=1S/C20H26N4O3/c25-17-15-10-24(19-21-8-7-16(22-19)14-3-1-2-4-14)12-20(15,18(26)27)11-23(17)9-13-5-6-13/h7-8,13-15H,1-6,9-12H2,(H,26,27)/t15-,20+/m0/s1. The molecule has 7 heteroatoms. The third kappa shape index (κ3) is 2.78. The van der Waals surface area contributed by atoms with Crippen molar-refractivity contribution in [1.82, 2.24) is 14.9 Å². The zero-order valence-electron chi connectivity index (χ0n) is 15.5. The Hall–Kier alpha value is -2.18. The molecule has 27 heavy (non-hydrogen) atoms. The summed E-state index contributed by atoms with van der Waals surface area (Å²) < 4.78 is 0.